The quantitative estimate of drug-likeness (QED) is 0.628. The molecule has 0 bridgehead atoms. The molecule has 0 radical (unpaired) electrons. The van der Waals surface area contributed by atoms with Crippen molar-refractivity contribution in [2.75, 3.05) is 6.54 Å². The maximum Gasteiger partial charge on any atom is 0.303 e. The molecular weight excluding hydrogens is 268 g/mol. The van der Waals surface area contributed by atoms with Crippen molar-refractivity contribution in [3.63, 3.8) is 0 Å². The Morgan fingerprint density at radius 1 is 1.24 bits per heavy atom. The van der Waals surface area contributed by atoms with E-state index < -0.39 is 5.97 Å². The second-order valence-corrected chi connectivity index (χ2v) is 6.90. The Morgan fingerprint density at radius 2 is 1.90 bits per heavy atom. The number of carbonyl (C=O) groups is 2. The van der Waals surface area contributed by atoms with E-state index in [1.807, 2.05) is 0 Å². The SMILES string of the molecule is CC1C(N)CCC(C(=O)NCCCCCC(=O)O)C1(C)C. The van der Waals surface area contributed by atoms with Crippen LogP contribution in [0.1, 0.15) is 59.3 Å². The first-order valence-corrected chi connectivity index (χ1v) is 8.02. The van der Waals surface area contributed by atoms with Gasteiger partial charge < -0.3 is 16.2 Å². The summed E-state index contributed by atoms with van der Waals surface area (Å²) in [5.41, 5.74) is 6.04. The Hall–Kier alpha value is -1.10. The van der Waals surface area contributed by atoms with Gasteiger partial charge in [0.25, 0.3) is 0 Å². The van der Waals surface area contributed by atoms with E-state index in [-0.39, 0.29) is 29.7 Å². The number of rotatable bonds is 7. The van der Waals surface area contributed by atoms with Gasteiger partial charge in [-0.25, -0.2) is 0 Å². The Kier molecular flexibility index (Phi) is 6.65. The summed E-state index contributed by atoms with van der Waals surface area (Å²) < 4.78 is 0. The van der Waals surface area contributed by atoms with E-state index in [0.29, 0.717) is 18.9 Å². The maximum atomic E-state index is 12.4. The third-order valence-electron chi connectivity index (χ3n) is 5.19. The fourth-order valence-electron chi connectivity index (χ4n) is 3.23. The molecule has 3 atom stereocenters. The van der Waals surface area contributed by atoms with Gasteiger partial charge in [-0.3, -0.25) is 9.59 Å². The molecule has 0 aliphatic heterocycles. The van der Waals surface area contributed by atoms with Gasteiger partial charge in [-0.05, 0) is 37.0 Å². The lowest BCUT2D eigenvalue weighted by atomic mass is 9.61. The number of carbonyl (C=O) groups excluding carboxylic acids is 1. The number of unbranched alkanes of at least 4 members (excludes halogenated alkanes) is 2. The van der Waals surface area contributed by atoms with E-state index in [4.69, 9.17) is 10.8 Å². The van der Waals surface area contributed by atoms with Crippen LogP contribution in [0, 0.1) is 17.3 Å². The Balaban J connectivity index is 2.33. The largest absolute Gasteiger partial charge is 0.481 e. The lowest BCUT2D eigenvalue weighted by molar-refractivity contribution is -0.137. The lowest BCUT2D eigenvalue weighted by Gasteiger charge is -2.46. The molecule has 0 heterocycles. The highest BCUT2D eigenvalue weighted by atomic mass is 16.4. The van der Waals surface area contributed by atoms with Crippen LogP contribution in [-0.2, 0) is 9.59 Å². The molecule has 0 aromatic heterocycles. The van der Waals surface area contributed by atoms with Crippen LogP contribution in [0.2, 0.25) is 0 Å². The Morgan fingerprint density at radius 3 is 2.52 bits per heavy atom. The van der Waals surface area contributed by atoms with Crippen LogP contribution in [-0.4, -0.2) is 29.6 Å². The van der Waals surface area contributed by atoms with Gasteiger partial charge in [0.2, 0.25) is 5.91 Å². The fourth-order valence-corrected chi connectivity index (χ4v) is 3.23. The fraction of sp³-hybridized carbons (Fsp3) is 0.875. The highest BCUT2D eigenvalue weighted by molar-refractivity contribution is 5.79. The summed E-state index contributed by atoms with van der Waals surface area (Å²) in [6, 6.07) is 0.181. The molecular formula is C16H30N2O3. The summed E-state index contributed by atoms with van der Waals surface area (Å²) >= 11 is 0. The number of carboxylic acid groups (broad SMARTS) is 1. The molecule has 3 unspecified atom stereocenters. The van der Waals surface area contributed by atoms with Crippen molar-refractivity contribution >= 4 is 11.9 Å². The molecule has 21 heavy (non-hydrogen) atoms. The molecule has 0 aromatic rings. The van der Waals surface area contributed by atoms with E-state index in [0.717, 1.165) is 25.7 Å². The summed E-state index contributed by atoms with van der Waals surface area (Å²) in [6.45, 7) is 7.03. The van der Waals surface area contributed by atoms with Crippen molar-refractivity contribution in [1.29, 1.82) is 0 Å². The van der Waals surface area contributed by atoms with Crippen molar-refractivity contribution < 1.29 is 14.7 Å². The first-order valence-electron chi connectivity index (χ1n) is 8.02. The minimum atomic E-state index is -0.756. The Bertz CT molecular complexity index is 369. The van der Waals surface area contributed by atoms with Crippen LogP contribution in [0.5, 0.6) is 0 Å². The van der Waals surface area contributed by atoms with Gasteiger partial charge >= 0.3 is 5.97 Å². The van der Waals surface area contributed by atoms with Gasteiger partial charge in [0.05, 0.1) is 0 Å². The molecule has 1 amide bonds. The molecule has 0 aromatic carbocycles. The zero-order valence-corrected chi connectivity index (χ0v) is 13.5. The van der Waals surface area contributed by atoms with Crippen molar-refractivity contribution in [2.24, 2.45) is 23.0 Å². The van der Waals surface area contributed by atoms with Gasteiger partial charge in [0.15, 0.2) is 0 Å². The van der Waals surface area contributed by atoms with Crippen LogP contribution in [0.25, 0.3) is 0 Å². The van der Waals surface area contributed by atoms with E-state index in [1.165, 1.54) is 0 Å². The Labute approximate surface area is 127 Å². The van der Waals surface area contributed by atoms with Crippen LogP contribution in [0.4, 0.5) is 0 Å². The van der Waals surface area contributed by atoms with E-state index in [9.17, 15) is 9.59 Å². The normalized spacial score (nSPS) is 28.1. The number of amides is 1. The smallest absolute Gasteiger partial charge is 0.303 e. The van der Waals surface area contributed by atoms with Crippen molar-refractivity contribution in [2.45, 2.75) is 65.3 Å². The molecule has 0 spiro atoms. The lowest BCUT2D eigenvalue weighted by Crippen LogP contribution is -2.51. The summed E-state index contributed by atoms with van der Waals surface area (Å²) in [5, 5.41) is 11.6. The molecule has 1 fully saturated rings. The van der Waals surface area contributed by atoms with Crippen molar-refractivity contribution in [3.8, 4) is 0 Å². The van der Waals surface area contributed by atoms with Crippen LogP contribution < -0.4 is 11.1 Å². The van der Waals surface area contributed by atoms with Gasteiger partial charge in [-0.1, -0.05) is 27.2 Å². The molecule has 1 saturated carbocycles. The second kappa shape index (κ2) is 7.78. The highest BCUT2D eigenvalue weighted by Gasteiger charge is 2.44. The third-order valence-corrected chi connectivity index (χ3v) is 5.19. The minimum absolute atomic E-state index is 0.0197. The topological polar surface area (TPSA) is 92.4 Å². The molecule has 122 valence electrons. The zero-order valence-electron chi connectivity index (χ0n) is 13.5. The molecule has 0 saturated heterocycles. The second-order valence-electron chi connectivity index (χ2n) is 6.90. The number of hydrogen-bond acceptors (Lipinski definition) is 3. The van der Waals surface area contributed by atoms with Crippen LogP contribution >= 0.6 is 0 Å². The summed E-state index contributed by atoms with van der Waals surface area (Å²) in [4.78, 5) is 22.8. The number of nitrogens with two attached hydrogens (primary N) is 1. The first kappa shape index (κ1) is 18.0. The average molecular weight is 298 g/mol. The van der Waals surface area contributed by atoms with E-state index in [2.05, 4.69) is 26.1 Å². The minimum Gasteiger partial charge on any atom is -0.481 e. The van der Waals surface area contributed by atoms with Crippen molar-refractivity contribution in [3.05, 3.63) is 0 Å². The summed E-state index contributed by atoms with van der Waals surface area (Å²) in [7, 11) is 0. The predicted octanol–water partition coefficient (Wildman–Crippen LogP) is 2.15. The van der Waals surface area contributed by atoms with Gasteiger partial charge in [0, 0.05) is 24.9 Å². The number of nitrogens with one attached hydrogen (secondary N) is 1. The monoisotopic (exact) mass is 298 g/mol. The predicted molar refractivity (Wildman–Crippen MR) is 82.8 cm³/mol. The van der Waals surface area contributed by atoms with Gasteiger partial charge in [0.1, 0.15) is 0 Å². The highest BCUT2D eigenvalue weighted by Crippen LogP contribution is 2.44. The molecule has 5 heteroatoms. The molecule has 4 N–H and O–H groups in total. The number of carboxylic acids is 1. The third kappa shape index (κ3) is 4.99. The molecule has 1 aliphatic carbocycles. The van der Waals surface area contributed by atoms with E-state index >= 15 is 0 Å². The van der Waals surface area contributed by atoms with Crippen molar-refractivity contribution in [1.82, 2.24) is 5.32 Å². The summed E-state index contributed by atoms with van der Waals surface area (Å²) in [6.07, 6.45) is 4.30. The zero-order chi connectivity index (χ0) is 16.0. The summed E-state index contributed by atoms with van der Waals surface area (Å²) in [5.74, 6) is -0.283. The van der Waals surface area contributed by atoms with Gasteiger partial charge in [-0.2, -0.15) is 0 Å². The van der Waals surface area contributed by atoms with Crippen LogP contribution in [0.15, 0.2) is 0 Å². The first-order chi connectivity index (χ1) is 9.76. The average Bonchev–Trinajstić information content (AvgIpc) is 2.39. The van der Waals surface area contributed by atoms with E-state index in [1.54, 1.807) is 0 Å². The number of hydrogen-bond donors (Lipinski definition) is 3. The molecule has 5 nitrogen and oxygen atoms in total. The molecule has 1 aliphatic rings. The standard InChI is InChI=1S/C16H30N2O3/c1-11-13(17)9-8-12(16(11,2)3)15(21)18-10-6-4-5-7-14(19)20/h11-13H,4-10,17H2,1-3H3,(H,18,21)(H,19,20). The van der Waals surface area contributed by atoms with Gasteiger partial charge in [-0.15, -0.1) is 0 Å². The number of aliphatic carboxylic acids is 1. The maximum absolute atomic E-state index is 12.4. The van der Waals surface area contributed by atoms with Crippen LogP contribution in [0.3, 0.4) is 0 Å². The molecule has 1 rings (SSSR count).